The molecule has 0 atom stereocenters. The molecule has 27 heavy (non-hydrogen) atoms. The van der Waals surface area contributed by atoms with Crippen molar-refractivity contribution in [2.45, 2.75) is 37.5 Å². The number of amides is 1. The summed E-state index contributed by atoms with van der Waals surface area (Å²) in [6, 6.07) is 16.7. The van der Waals surface area contributed by atoms with Crippen LogP contribution < -0.4 is 5.73 Å². The van der Waals surface area contributed by atoms with Crippen LogP contribution in [0.25, 0.3) is 5.69 Å². The average Bonchev–Trinajstić information content (AvgIpc) is 3.38. The van der Waals surface area contributed by atoms with Crippen molar-refractivity contribution in [1.29, 1.82) is 0 Å². The molecule has 1 heterocycles. The number of rotatable bonds is 7. The van der Waals surface area contributed by atoms with E-state index >= 15 is 0 Å². The van der Waals surface area contributed by atoms with Crippen molar-refractivity contribution in [3.63, 3.8) is 0 Å². The van der Waals surface area contributed by atoms with Crippen LogP contribution in [-0.2, 0) is 16.6 Å². The summed E-state index contributed by atoms with van der Waals surface area (Å²) in [5.74, 6) is 0.661. The highest BCUT2D eigenvalue weighted by Crippen LogP contribution is 2.52. The Bertz CT molecular complexity index is 963. The van der Waals surface area contributed by atoms with Gasteiger partial charge in [-0.1, -0.05) is 42.5 Å². The topological polar surface area (TPSA) is 73.8 Å². The molecule has 0 saturated heterocycles. The number of hydrogen-bond donors (Lipinski definition) is 1. The molecule has 6 heteroatoms. The van der Waals surface area contributed by atoms with Crippen LogP contribution in [0, 0.1) is 5.82 Å². The molecule has 1 aliphatic carbocycles. The lowest BCUT2D eigenvalue weighted by atomic mass is 9.95. The van der Waals surface area contributed by atoms with Crippen molar-refractivity contribution < 1.29 is 9.18 Å². The Labute approximate surface area is 157 Å². The molecule has 0 aliphatic heterocycles. The van der Waals surface area contributed by atoms with Gasteiger partial charge in [0.15, 0.2) is 5.82 Å². The SMILES string of the molecule is NC(=O)CCCc1nc(C2(c3ccccc3)CC2)nn1-c1ccccc1F. The van der Waals surface area contributed by atoms with Crippen LogP contribution in [0.4, 0.5) is 4.39 Å². The van der Waals surface area contributed by atoms with E-state index in [0.717, 1.165) is 12.8 Å². The first-order valence-electron chi connectivity index (χ1n) is 9.15. The summed E-state index contributed by atoms with van der Waals surface area (Å²) in [6.45, 7) is 0. The fraction of sp³-hybridized carbons (Fsp3) is 0.286. The largest absolute Gasteiger partial charge is 0.370 e. The van der Waals surface area contributed by atoms with E-state index in [2.05, 4.69) is 12.1 Å². The monoisotopic (exact) mass is 364 g/mol. The van der Waals surface area contributed by atoms with Crippen molar-refractivity contribution in [2.75, 3.05) is 0 Å². The van der Waals surface area contributed by atoms with E-state index in [1.54, 1.807) is 22.9 Å². The van der Waals surface area contributed by atoms with Gasteiger partial charge in [-0.25, -0.2) is 14.1 Å². The maximum Gasteiger partial charge on any atom is 0.217 e. The quantitative estimate of drug-likeness (QED) is 0.699. The number of halogens is 1. The lowest BCUT2D eigenvalue weighted by molar-refractivity contribution is -0.118. The summed E-state index contributed by atoms with van der Waals surface area (Å²) >= 11 is 0. The second kappa shape index (κ2) is 6.95. The minimum Gasteiger partial charge on any atom is -0.370 e. The number of primary amides is 1. The lowest BCUT2D eigenvalue weighted by Gasteiger charge is -2.11. The molecule has 2 N–H and O–H groups in total. The zero-order valence-electron chi connectivity index (χ0n) is 14.9. The highest BCUT2D eigenvalue weighted by molar-refractivity contribution is 5.73. The molecule has 1 saturated carbocycles. The average molecular weight is 364 g/mol. The van der Waals surface area contributed by atoms with E-state index in [0.29, 0.717) is 30.2 Å². The third kappa shape index (κ3) is 3.35. The predicted octanol–water partition coefficient (Wildman–Crippen LogP) is 3.29. The molecular weight excluding hydrogens is 343 g/mol. The van der Waals surface area contributed by atoms with E-state index in [4.69, 9.17) is 15.8 Å². The summed E-state index contributed by atoms with van der Waals surface area (Å²) in [7, 11) is 0. The van der Waals surface area contributed by atoms with Crippen molar-refractivity contribution in [1.82, 2.24) is 14.8 Å². The van der Waals surface area contributed by atoms with Gasteiger partial charge in [0.25, 0.3) is 0 Å². The second-order valence-electron chi connectivity index (χ2n) is 6.98. The number of aromatic nitrogens is 3. The summed E-state index contributed by atoms with van der Waals surface area (Å²) in [4.78, 5) is 15.8. The minimum atomic E-state index is -0.352. The van der Waals surface area contributed by atoms with Crippen molar-refractivity contribution in [3.8, 4) is 5.69 Å². The van der Waals surface area contributed by atoms with Gasteiger partial charge in [-0.2, -0.15) is 0 Å². The first kappa shape index (κ1) is 17.4. The first-order valence-corrected chi connectivity index (χ1v) is 9.15. The third-order valence-corrected chi connectivity index (χ3v) is 5.08. The normalized spacial score (nSPS) is 14.9. The van der Waals surface area contributed by atoms with Gasteiger partial charge in [0.1, 0.15) is 17.3 Å². The number of carbonyl (C=O) groups excluding carboxylic acids is 1. The first-order chi connectivity index (χ1) is 13.1. The standard InChI is InChI=1S/C21H21FN4O/c22-16-9-4-5-10-17(16)26-19(12-6-11-18(23)27)24-20(25-26)21(13-14-21)15-7-2-1-3-8-15/h1-5,7-10H,6,11-14H2,(H2,23,27). The van der Waals surface area contributed by atoms with E-state index in [1.165, 1.54) is 11.6 Å². The predicted molar refractivity (Wildman–Crippen MR) is 99.9 cm³/mol. The molecule has 1 aromatic heterocycles. The van der Waals surface area contributed by atoms with Gasteiger partial charge < -0.3 is 5.73 Å². The molecule has 2 aromatic carbocycles. The van der Waals surface area contributed by atoms with Crippen LogP contribution in [0.1, 0.15) is 42.9 Å². The molecule has 0 unspecified atom stereocenters. The Balaban J connectivity index is 1.74. The smallest absolute Gasteiger partial charge is 0.217 e. The van der Waals surface area contributed by atoms with Gasteiger partial charge in [-0.05, 0) is 37.0 Å². The maximum atomic E-state index is 14.4. The van der Waals surface area contributed by atoms with Crippen molar-refractivity contribution >= 4 is 5.91 Å². The molecule has 4 rings (SSSR count). The zero-order chi connectivity index (χ0) is 18.9. The van der Waals surface area contributed by atoms with Gasteiger partial charge in [0.05, 0.1) is 5.41 Å². The molecule has 0 radical (unpaired) electrons. The fourth-order valence-corrected chi connectivity index (χ4v) is 3.47. The highest BCUT2D eigenvalue weighted by Gasteiger charge is 2.49. The van der Waals surface area contributed by atoms with Crippen molar-refractivity contribution in [2.24, 2.45) is 5.73 Å². The fourth-order valence-electron chi connectivity index (χ4n) is 3.47. The maximum absolute atomic E-state index is 14.4. The van der Waals surface area contributed by atoms with Gasteiger partial charge >= 0.3 is 0 Å². The molecule has 0 bridgehead atoms. The van der Waals surface area contributed by atoms with E-state index < -0.39 is 0 Å². The van der Waals surface area contributed by atoms with Crippen LogP contribution in [0.5, 0.6) is 0 Å². The second-order valence-corrected chi connectivity index (χ2v) is 6.98. The van der Waals surface area contributed by atoms with Crippen LogP contribution in [0.15, 0.2) is 54.6 Å². The summed E-state index contributed by atoms with van der Waals surface area (Å²) in [6.07, 6.45) is 3.27. The van der Waals surface area contributed by atoms with E-state index in [-0.39, 0.29) is 23.6 Å². The van der Waals surface area contributed by atoms with Gasteiger partial charge in [0.2, 0.25) is 5.91 Å². The molecule has 138 valence electrons. The number of hydrogen-bond acceptors (Lipinski definition) is 3. The summed E-state index contributed by atoms with van der Waals surface area (Å²) < 4.78 is 16.0. The molecule has 3 aromatic rings. The van der Waals surface area contributed by atoms with Gasteiger partial charge in [-0.15, -0.1) is 5.10 Å². The van der Waals surface area contributed by atoms with Crippen LogP contribution in [-0.4, -0.2) is 20.7 Å². The Hall–Kier alpha value is -3.02. The van der Waals surface area contributed by atoms with Crippen LogP contribution in [0.2, 0.25) is 0 Å². The summed E-state index contributed by atoms with van der Waals surface area (Å²) in [5, 5.41) is 4.70. The Morgan fingerprint density at radius 1 is 1.11 bits per heavy atom. The number of para-hydroxylation sites is 1. The van der Waals surface area contributed by atoms with Gasteiger partial charge in [-0.3, -0.25) is 4.79 Å². The molecule has 1 aliphatic rings. The van der Waals surface area contributed by atoms with Crippen LogP contribution in [0.3, 0.4) is 0 Å². The zero-order valence-corrected chi connectivity index (χ0v) is 14.9. The Morgan fingerprint density at radius 3 is 2.48 bits per heavy atom. The lowest BCUT2D eigenvalue weighted by Crippen LogP contribution is -2.12. The Morgan fingerprint density at radius 2 is 1.81 bits per heavy atom. The third-order valence-electron chi connectivity index (χ3n) is 5.08. The van der Waals surface area contributed by atoms with E-state index in [1.807, 2.05) is 18.2 Å². The number of benzene rings is 2. The molecule has 0 spiro atoms. The van der Waals surface area contributed by atoms with Crippen LogP contribution >= 0.6 is 0 Å². The molecular formula is C21H21FN4O. The number of carbonyl (C=O) groups is 1. The van der Waals surface area contributed by atoms with Gasteiger partial charge in [0, 0.05) is 12.8 Å². The number of aryl methyl sites for hydroxylation is 1. The summed E-state index contributed by atoms with van der Waals surface area (Å²) in [5.41, 5.74) is 6.60. The molecule has 1 amide bonds. The number of nitrogens with zero attached hydrogens (tertiary/aromatic N) is 3. The highest BCUT2D eigenvalue weighted by atomic mass is 19.1. The molecule has 5 nitrogen and oxygen atoms in total. The van der Waals surface area contributed by atoms with E-state index in [9.17, 15) is 9.18 Å². The minimum absolute atomic E-state index is 0.198. The molecule has 1 fully saturated rings. The Kier molecular flexibility index (Phi) is 4.48. The van der Waals surface area contributed by atoms with Crippen molar-refractivity contribution in [3.05, 3.63) is 77.6 Å². The number of nitrogens with two attached hydrogens (primary N) is 1.